The normalized spacial score (nSPS) is 16.8. The first-order chi connectivity index (χ1) is 12.2. The third kappa shape index (κ3) is 5.06. The van der Waals surface area contributed by atoms with Crippen LogP contribution >= 0.6 is 11.8 Å². The molecule has 1 saturated heterocycles. The molecular formula is C18H23NO6S. The molecule has 0 bridgehead atoms. The maximum atomic E-state index is 12.9. The first-order valence-electron chi connectivity index (χ1n) is 8.30. The smallest absolute Gasteiger partial charge is 0.317 e. The van der Waals surface area contributed by atoms with Crippen LogP contribution in [0.1, 0.15) is 30.6 Å². The third-order valence-corrected chi connectivity index (χ3v) is 5.58. The molecule has 0 saturated carbocycles. The van der Waals surface area contributed by atoms with Gasteiger partial charge in [0.25, 0.3) is 0 Å². The number of hydrogen-bond acceptors (Lipinski definition) is 6. The van der Waals surface area contributed by atoms with Crippen molar-refractivity contribution in [3.05, 3.63) is 29.8 Å². The summed E-state index contributed by atoms with van der Waals surface area (Å²) in [5, 5.41) is 16.9. The van der Waals surface area contributed by atoms with Crippen molar-refractivity contribution in [1.29, 1.82) is 0 Å². The van der Waals surface area contributed by atoms with Crippen LogP contribution in [0.25, 0.3) is 0 Å². The Morgan fingerprint density at radius 3 is 2.23 bits per heavy atom. The van der Waals surface area contributed by atoms with Crippen LogP contribution in [0.4, 0.5) is 0 Å². The minimum Gasteiger partial charge on any atom is -0.481 e. The SMILES string of the molecule is CC(C)(C(=O)c1ccc(SC(CC(=O)O)C(=O)O)cc1)N1CCOCC1. The van der Waals surface area contributed by atoms with Crippen molar-refractivity contribution in [2.75, 3.05) is 26.3 Å². The Labute approximate surface area is 156 Å². The van der Waals surface area contributed by atoms with Crippen LogP contribution in [0.2, 0.25) is 0 Å². The number of thioether (sulfide) groups is 1. The number of ether oxygens (including phenoxy) is 1. The molecule has 7 nitrogen and oxygen atoms in total. The van der Waals surface area contributed by atoms with Crippen molar-refractivity contribution < 1.29 is 29.3 Å². The summed E-state index contributed by atoms with van der Waals surface area (Å²) in [6.07, 6.45) is -0.468. The minimum absolute atomic E-state index is 0.0173. The van der Waals surface area contributed by atoms with E-state index in [1.54, 1.807) is 24.3 Å². The van der Waals surface area contributed by atoms with Crippen molar-refractivity contribution in [2.24, 2.45) is 0 Å². The van der Waals surface area contributed by atoms with Gasteiger partial charge in [-0.05, 0) is 26.0 Å². The van der Waals surface area contributed by atoms with E-state index in [9.17, 15) is 14.4 Å². The molecule has 0 aromatic heterocycles. The maximum Gasteiger partial charge on any atom is 0.317 e. The molecule has 0 amide bonds. The number of benzene rings is 1. The summed E-state index contributed by atoms with van der Waals surface area (Å²) >= 11 is 0.963. The monoisotopic (exact) mass is 381 g/mol. The van der Waals surface area contributed by atoms with Gasteiger partial charge in [-0.3, -0.25) is 19.3 Å². The average molecular weight is 381 g/mol. The summed E-state index contributed by atoms with van der Waals surface area (Å²) in [5.74, 6) is -2.36. The Morgan fingerprint density at radius 1 is 1.15 bits per heavy atom. The second-order valence-corrected chi connectivity index (χ2v) is 7.83. The molecule has 1 aliphatic rings. The second-order valence-electron chi connectivity index (χ2n) is 6.55. The summed E-state index contributed by atoms with van der Waals surface area (Å²) in [6.45, 7) is 6.37. The number of ketones is 1. The zero-order valence-corrected chi connectivity index (χ0v) is 15.6. The van der Waals surface area contributed by atoms with E-state index in [0.717, 1.165) is 11.8 Å². The van der Waals surface area contributed by atoms with E-state index in [4.69, 9.17) is 14.9 Å². The van der Waals surface area contributed by atoms with Crippen molar-refractivity contribution >= 4 is 29.5 Å². The van der Waals surface area contributed by atoms with Gasteiger partial charge in [0.1, 0.15) is 5.25 Å². The van der Waals surface area contributed by atoms with Gasteiger partial charge >= 0.3 is 11.9 Å². The molecule has 142 valence electrons. The van der Waals surface area contributed by atoms with Gasteiger partial charge in [0, 0.05) is 23.5 Å². The van der Waals surface area contributed by atoms with E-state index in [2.05, 4.69) is 4.90 Å². The molecule has 0 radical (unpaired) electrons. The van der Waals surface area contributed by atoms with E-state index in [1.807, 2.05) is 13.8 Å². The lowest BCUT2D eigenvalue weighted by atomic mass is 9.91. The molecule has 1 aromatic rings. The van der Waals surface area contributed by atoms with Gasteiger partial charge in [-0.2, -0.15) is 0 Å². The predicted octanol–water partition coefficient (Wildman–Crippen LogP) is 2.00. The summed E-state index contributed by atoms with van der Waals surface area (Å²) < 4.78 is 5.33. The third-order valence-electron chi connectivity index (χ3n) is 4.39. The van der Waals surface area contributed by atoms with Gasteiger partial charge in [-0.1, -0.05) is 12.1 Å². The number of carboxylic acid groups (broad SMARTS) is 2. The Hall–Kier alpha value is -1.90. The standard InChI is InChI=1S/C18H23NO6S/c1-18(2,19-7-9-25-10-8-19)16(22)12-3-5-13(6-4-12)26-14(17(23)24)11-15(20)21/h3-6,14H,7-11H2,1-2H3,(H,20,21)(H,23,24). The van der Waals surface area contributed by atoms with Crippen LogP contribution in [0.3, 0.4) is 0 Å². The highest BCUT2D eigenvalue weighted by Crippen LogP contribution is 2.28. The highest BCUT2D eigenvalue weighted by molar-refractivity contribution is 8.00. The van der Waals surface area contributed by atoms with Crippen molar-refractivity contribution in [1.82, 2.24) is 4.90 Å². The molecule has 1 unspecified atom stereocenters. The zero-order valence-electron chi connectivity index (χ0n) is 14.8. The van der Waals surface area contributed by atoms with E-state index < -0.39 is 29.1 Å². The lowest BCUT2D eigenvalue weighted by Crippen LogP contribution is -2.54. The number of aliphatic carboxylic acids is 2. The van der Waals surface area contributed by atoms with Gasteiger partial charge < -0.3 is 14.9 Å². The fourth-order valence-corrected chi connectivity index (χ4v) is 3.75. The maximum absolute atomic E-state index is 12.9. The van der Waals surface area contributed by atoms with Crippen LogP contribution < -0.4 is 0 Å². The van der Waals surface area contributed by atoms with E-state index in [0.29, 0.717) is 36.8 Å². The lowest BCUT2D eigenvalue weighted by Gasteiger charge is -2.39. The molecule has 1 aromatic carbocycles. The zero-order chi connectivity index (χ0) is 19.3. The molecule has 2 rings (SSSR count). The Morgan fingerprint density at radius 2 is 1.73 bits per heavy atom. The number of carboxylic acids is 2. The largest absolute Gasteiger partial charge is 0.481 e. The van der Waals surface area contributed by atoms with Gasteiger partial charge in [0.2, 0.25) is 0 Å². The lowest BCUT2D eigenvalue weighted by molar-refractivity contribution is -0.142. The number of carbonyl (C=O) groups excluding carboxylic acids is 1. The predicted molar refractivity (Wildman–Crippen MR) is 96.8 cm³/mol. The average Bonchev–Trinajstić information content (AvgIpc) is 2.61. The van der Waals surface area contributed by atoms with E-state index in [1.165, 1.54) is 0 Å². The topological polar surface area (TPSA) is 104 Å². The molecule has 0 aliphatic carbocycles. The molecule has 1 aliphatic heterocycles. The first kappa shape index (κ1) is 20.4. The molecule has 26 heavy (non-hydrogen) atoms. The highest BCUT2D eigenvalue weighted by Gasteiger charge is 2.35. The van der Waals surface area contributed by atoms with Crippen LogP contribution in [-0.4, -0.2) is 69.9 Å². The van der Waals surface area contributed by atoms with Crippen molar-refractivity contribution in [2.45, 2.75) is 36.0 Å². The van der Waals surface area contributed by atoms with Crippen LogP contribution in [-0.2, 0) is 14.3 Å². The van der Waals surface area contributed by atoms with Crippen molar-refractivity contribution in [3.8, 4) is 0 Å². The van der Waals surface area contributed by atoms with Gasteiger partial charge in [-0.15, -0.1) is 11.8 Å². The number of hydrogen-bond donors (Lipinski definition) is 2. The fourth-order valence-electron chi connectivity index (χ4n) is 2.81. The van der Waals surface area contributed by atoms with Crippen molar-refractivity contribution in [3.63, 3.8) is 0 Å². The quantitative estimate of drug-likeness (QED) is 0.520. The summed E-state index contributed by atoms with van der Waals surface area (Å²) in [6, 6.07) is 6.63. The van der Waals surface area contributed by atoms with Gasteiger partial charge in [0.15, 0.2) is 5.78 Å². The molecule has 2 N–H and O–H groups in total. The molecular weight excluding hydrogens is 358 g/mol. The highest BCUT2D eigenvalue weighted by atomic mass is 32.2. The molecule has 1 heterocycles. The molecule has 1 fully saturated rings. The second kappa shape index (κ2) is 8.66. The minimum atomic E-state index is -1.17. The summed E-state index contributed by atoms with van der Waals surface area (Å²) in [4.78, 5) is 37.5. The van der Waals surface area contributed by atoms with Crippen LogP contribution in [0, 0.1) is 0 Å². The fraction of sp³-hybridized carbons (Fsp3) is 0.500. The Bertz CT molecular complexity index is 667. The van der Waals surface area contributed by atoms with E-state index in [-0.39, 0.29) is 5.78 Å². The van der Waals surface area contributed by atoms with Crippen LogP contribution in [0.5, 0.6) is 0 Å². The molecule has 8 heteroatoms. The number of morpholine rings is 1. The molecule has 0 spiro atoms. The first-order valence-corrected chi connectivity index (χ1v) is 9.18. The van der Waals surface area contributed by atoms with E-state index >= 15 is 0 Å². The Kier molecular flexibility index (Phi) is 6.80. The number of carbonyl (C=O) groups is 3. The van der Waals surface area contributed by atoms with Crippen LogP contribution in [0.15, 0.2) is 29.2 Å². The number of Topliss-reactive ketones (excluding diaryl/α,β-unsaturated/α-hetero) is 1. The van der Waals surface area contributed by atoms with Gasteiger partial charge in [-0.25, -0.2) is 0 Å². The molecule has 1 atom stereocenters. The van der Waals surface area contributed by atoms with Gasteiger partial charge in [0.05, 0.1) is 25.2 Å². The summed E-state index contributed by atoms with van der Waals surface area (Å²) in [7, 11) is 0. The number of rotatable bonds is 8. The number of nitrogens with zero attached hydrogens (tertiary/aromatic N) is 1. The summed E-state index contributed by atoms with van der Waals surface area (Å²) in [5.41, 5.74) is -0.123. The Balaban J connectivity index is 2.09.